The number of hydrogen-bond acceptors (Lipinski definition) is 3. The lowest BCUT2D eigenvalue weighted by atomic mass is 10.1. The molecule has 0 aromatic carbocycles. The van der Waals surface area contributed by atoms with Crippen molar-refractivity contribution in [3.8, 4) is 0 Å². The van der Waals surface area contributed by atoms with Gasteiger partial charge in [0.05, 0.1) is 6.61 Å². The lowest BCUT2D eigenvalue weighted by Gasteiger charge is -2.18. The van der Waals surface area contributed by atoms with Crippen molar-refractivity contribution in [1.82, 2.24) is 4.90 Å². The van der Waals surface area contributed by atoms with Gasteiger partial charge in [0.1, 0.15) is 6.54 Å². The highest BCUT2D eigenvalue weighted by Crippen LogP contribution is 2.29. The molecule has 1 atom stereocenters. The monoisotopic (exact) mass is 347 g/mol. The van der Waals surface area contributed by atoms with E-state index in [1.165, 1.54) is 70.4 Å². The predicted molar refractivity (Wildman–Crippen MR) is 100 cm³/mol. The Morgan fingerprint density at radius 2 is 1.92 bits per heavy atom. The van der Waals surface area contributed by atoms with Crippen molar-refractivity contribution in [2.75, 3.05) is 20.2 Å². The van der Waals surface area contributed by atoms with Crippen LogP contribution in [0.5, 0.6) is 0 Å². The fourth-order valence-electron chi connectivity index (χ4n) is 3.71. The van der Waals surface area contributed by atoms with Gasteiger partial charge in [-0.3, -0.25) is 9.69 Å². The summed E-state index contributed by atoms with van der Waals surface area (Å²) in [6.45, 7) is 4.40. The molecule has 0 bridgehead atoms. The van der Waals surface area contributed by atoms with Crippen LogP contribution in [-0.4, -0.2) is 31.1 Å². The molecule has 0 radical (unpaired) electrons. The van der Waals surface area contributed by atoms with Crippen LogP contribution in [0.3, 0.4) is 0 Å². The number of aromatic nitrogens is 1. The molecule has 1 aliphatic heterocycles. The van der Waals surface area contributed by atoms with E-state index in [1.807, 2.05) is 0 Å². The van der Waals surface area contributed by atoms with Crippen molar-refractivity contribution in [3.05, 3.63) is 30.1 Å². The van der Waals surface area contributed by atoms with Crippen molar-refractivity contribution in [3.63, 3.8) is 0 Å². The number of carbonyl (C=O) groups is 1. The van der Waals surface area contributed by atoms with Crippen LogP contribution in [0, 0.1) is 0 Å². The fraction of sp³-hybridized carbons (Fsp3) is 0.714. The summed E-state index contributed by atoms with van der Waals surface area (Å²) in [6.07, 6.45) is 15.7. The Kier molecular flexibility index (Phi) is 8.95. The zero-order valence-electron chi connectivity index (χ0n) is 16.1. The molecule has 1 aromatic rings. The Labute approximate surface area is 153 Å². The zero-order chi connectivity index (χ0) is 17.9. The van der Waals surface area contributed by atoms with E-state index in [0.29, 0.717) is 12.6 Å². The van der Waals surface area contributed by atoms with Crippen LogP contribution in [0.15, 0.2) is 24.5 Å². The summed E-state index contributed by atoms with van der Waals surface area (Å²) in [6, 6.07) is 5.09. The number of rotatable bonds is 11. The van der Waals surface area contributed by atoms with E-state index in [4.69, 9.17) is 4.74 Å². The average Bonchev–Trinajstić information content (AvgIpc) is 3.02. The summed E-state index contributed by atoms with van der Waals surface area (Å²) in [7, 11) is 2.24. The first-order chi connectivity index (χ1) is 12.2. The normalized spacial score (nSPS) is 17.8. The van der Waals surface area contributed by atoms with Gasteiger partial charge in [-0.15, -0.1) is 0 Å². The van der Waals surface area contributed by atoms with Crippen LogP contribution in [-0.2, 0) is 16.1 Å². The Hall–Kier alpha value is -1.42. The van der Waals surface area contributed by atoms with E-state index in [1.54, 1.807) is 0 Å². The number of hydrogen-bond donors (Lipinski definition) is 0. The van der Waals surface area contributed by atoms with Crippen LogP contribution in [0.25, 0.3) is 0 Å². The molecule has 1 unspecified atom stereocenters. The molecule has 0 aliphatic carbocycles. The molecule has 1 aliphatic rings. The van der Waals surface area contributed by atoms with Gasteiger partial charge in [-0.25, -0.2) is 4.57 Å². The van der Waals surface area contributed by atoms with Crippen LogP contribution in [0.4, 0.5) is 0 Å². The van der Waals surface area contributed by atoms with Crippen molar-refractivity contribution in [2.45, 2.75) is 77.3 Å². The second-order valence-corrected chi connectivity index (χ2v) is 7.33. The minimum atomic E-state index is -0.166. The van der Waals surface area contributed by atoms with Gasteiger partial charge in [-0.05, 0) is 45.3 Å². The number of esters is 1. The van der Waals surface area contributed by atoms with E-state index in [-0.39, 0.29) is 5.97 Å². The highest BCUT2D eigenvalue weighted by Gasteiger charge is 2.24. The minimum Gasteiger partial charge on any atom is -0.466 e. The van der Waals surface area contributed by atoms with Gasteiger partial charge in [-0.2, -0.15) is 0 Å². The van der Waals surface area contributed by atoms with Gasteiger partial charge >= 0.3 is 5.97 Å². The second-order valence-electron chi connectivity index (χ2n) is 7.33. The molecule has 4 heteroatoms. The Bertz CT molecular complexity index is 518. The highest BCUT2D eigenvalue weighted by atomic mass is 16.5. The number of unbranched alkanes of at least 4 members (excludes halogenated alkanes) is 6. The van der Waals surface area contributed by atoms with Crippen molar-refractivity contribution in [1.29, 1.82) is 0 Å². The van der Waals surface area contributed by atoms with E-state index in [0.717, 1.165) is 13.0 Å². The third-order valence-electron chi connectivity index (χ3n) is 5.15. The topological polar surface area (TPSA) is 33.4 Å². The molecule has 2 rings (SSSR count). The van der Waals surface area contributed by atoms with Gasteiger partial charge in [0.15, 0.2) is 12.4 Å². The molecular weight excluding hydrogens is 312 g/mol. The first-order valence-electron chi connectivity index (χ1n) is 9.99. The lowest BCUT2D eigenvalue weighted by Crippen LogP contribution is -2.34. The molecule has 0 N–H and O–H groups in total. The van der Waals surface area contributed by atoms with Crippen LogP contribution in [0.2, 0.25) is 0 Å². The summed E-state index contributed by atoms with van der Waals surface area (Å²) < 4.78 is 7.31. The zero-order valence-corrected chi connectivity index (χ0v) is 16.1. The summed E-state index contributed by atoms with van der Waals surface area (Å²) in [4.78, 5) is 13.1. The van der Waals surface area contributed by atoms with Crippen molar-refractivity contribution >= 4 is 5.97 Å². The third-order valence-corrected chi connectivity index (χ3v) is 5.15. The maximum absolute atomic E-state index is 10.7. The van der Waals surface area contributed by atoms with Gasteiger partial charge in [0.25, 0.3) is 0 Å². The SMILES string of the molecule is CC(=O)OCCCCCCCCC[n+]1cccc(C2CCCN2C)c1. The van der Waals surface area contributed by atoms with Crippen LogP contribution >= 0.6 is 0 Å². The molecule has 4 nitrogen and oxygen atoms in total. The Balaban J connectivity index is 1.54. The van der Waals surface area contributed by atoms with Gasteiger partial charge in [0, 0.05) is 31.0 Å². The quantitative estimate of drug-likeness (QED) is 0.344. The second kappa shape index (κ2) is 11.2. The summed E-state index contributed by atoms with van der Waals surface area (Å²) in [5, 5.41) is 0. The van der Waals surface area contributed by atoms with Gasteiger partial charge in [0.2, 0.25) is 0 Å². The minimum absolute atomic E-state index is 0.166. The molecular formula is C21H35N2O2+. The maximum Gasteiger partial charge on any atom is 0.302 e. The van der Waals surface area contributed by atoms with E-state index < -0.39 is 0 Å². The highest BCUT2D eigenvalue weighted by molar-refractivity contribution is 5.65. The number of likely N-dealkylation sites (tertiary alicyclic amines) is 1. The smallest absolute Gasteiger partial charge is 0.302 e. The van der Waals surface area contributed by atoms with E-state index in [2.05, 4.69) is 41.0 Å². The first kappa shape index (κ1) is 19.9. The molecule has 0 saturated carbocycles. The summed E-state index contributed by atoms with van der Waals surface area (Å²) in [5.41, 5.74) is 1.47. The molecule has 140 valence electrons. The molecule has 25 heavy (non-hydrogen) atoms. The third kappa shape index (κ3) is 7.55. The molecule has 0 spiro atoms. The summed E-state index contributed by atoms with van der Waals surface area (Å²) in [5.74, 6) is -0.166. The van der Waals surface area contributed by atoms with Crippen LogP contribution in [0.1, 0.15) is 76.3 Å². The molecule has 0 amide bonds. The molecule has 1 fully saturated rings. The summed E-state index contributed by atoms with van der Waals surface area (Å²) >= 11 is 0. The molecule has 1 saturated heterocycles. The fourth-order valence-corrected chi connectivity index (χ4v) is 3.71. The first-order valence-corrected chi connectivity index (χ1v) is 9.99. The van der Waals surface area contributed by atoms with Gasteiger partial charge < -0.3 is 4.74 Å². The Morgan fingerprint density at radius 1 is 1.20 bits per heavy atom. The number of pyridine rings is 1. The predicted octanol–water partition coefficient (Wildman–Crippen LogP) is 4.03. The number of nitrogens with zero attached hydrogens (tertiary/aromatic N) is 2. The van der Waals surface area contributed by atoms with Crippen LogP contribution < -0.4 is 4.57 Å². The standard InChI is InChI=1S/C21H35N2O2/c1-19(24)25-17-9-7-5-3-4-6-8-15-23-16-10-12-20(18-23)21-13-11-14-22(21)2/h10,12,16,18,21H,3-9,11,13-15,17H2,1-2H3/q+1. The van der Waals surface area contributed by atoms with E-state index >= 15 is 0 Å². The van der Waals surface area contributed by atoms with Crippen molar-refractivity contribution < 1.29 is 14.1 Å². The van der Waals surface area contributed by atoms with Crippen molar-refractivity contribution in [2.24, 2.45) is 0 Å². The van der Waals surface area contributed by atoms with E-state index in [9.17, 15) is 4.79 Å². The van der Waals surface area contributed by atoms with Gasteiger partial charge in [-0.1, -0.05) is 25.7 Å². The lowest BCUT2D eigenvalue weighted by molar-refractivity contribution is -0.697. The number of carbonyl (C=O) groups excluding carboxylic acids is 1. The Morgan fingerprint density at radius 3 is 2.60 bits per heavy atom. The molecule has 2 heterocycles. The largest absolute Gasteiger partial charge is 0.466 e. The number of aryl methyl sites for hydroxylation is 1. The number of ether oxygens (including phenoxy) is 1. The molecule has 1 aromatic heterocycles. The average molecular weight is 348 g/mol. The maximum atomic E-state index is 10.7.